The number of carbonyl (C=O) groups excluding carboxylic acids is 1. The molecule has 0 spiro atoms. The van der Waals surface area contributed by atoms with Gasteiger partial charge in [0.25, 0.3) is 5.91 Å². The fourth-order valence-electron chi connectivity index (χ4n) is 3.79. The Morgan fingerprint density at radius 2 is 1.67 bits per heavy atom. The summed E-state index contributed by atoms with van der Waals surface area (Å²) in [5, 5.41) is 12.9. The molecule has 0 radical (unpaired) electrons. The number of carbonyl (C=O) groups is 1. The van der Waals surface area contributed by atoms with Crippen LogP contribution in [-0.2, 0) is 14.8 Å². The number of hydrogen-bond donors (Lipinski definition) is 1. The Labute approximate surface area is 190 Å². The van der Waals surface area contributed by atoms with E-state index in [1.807, 2.05) is 54.6 Å². The van der Waals surface area contributed by atoms with Gasteiger partial charge in [0, 0.05) is 5.56 Å². The third kappa shape index (κ3) is 3.86. The average Bonchev–Trinajstić information content (AvgIpc) is 3.38. The quantitative estimate of drug-likeness (QED) is 0.454. The van der Waals surface area contributed by atoms with Gasteiger partial charge in [-0.25, -0.2) is 13.6 Å². The number of anilines is 1. The summed E-state index contributed by atoms with van der Waals surface area (Å²) in [6, 6.07) is 23.4. The van der Waals surface area contributed by atoms with Crippen molar-refractivity contribution < 1.29 is 17.6 Å². The largest absolute Gasteiger partial charge is 0.457 e. The van der Waals surface area contributed by atoms with E-state index in [0.29, 0.717) is 28.5 Å². The molecule has 0 saturated heterocycles. The number of amides is 1. The van der Waals surface area contributed by atoms with E-state index < -0.39 is 10.0 Å². The van der Waals surface area contributed by atoms with Gasteiger partial charge in [0.05, 0.1) is 21.9 Å². The normalized spacial score (nSPS) is 15.5. The number of hydrogen-bond acceptors (Lipinski definition) is 5. The van der Waals surface area contributed by atoms with E-state index in [-0.39, 0.29) is 10.8 Å². The van der Waals surface area contributed by atoms with Crippen LogP contribution in [0.5, 0.6) is 0 Å². The van der Waals surface area contributed by atoms with E-state index in [1.165, 1.54) is 29.3 Å². The molecule has 4 aromatic rings. The minimum Gasteiger partial charge on any atom is -0.457 e. The van der Waals surface area contributed by atoms with Crippen LogP contribution in [0.2, 0.25) is 0 Å². The number of nitrogens with zero attached hydrogens (tertiary/aromatic N) is 2. The molecule has 7 nitrogen and oxygen atoms in total. The van der Waals surface area contributed by atoms with Crippen LogP contribution in [0.1, 0.15) is 12.7 Å². The molecule has 8 heteroatoms. The molecule has 1 amide bonds. The maximum absolute atomic E-state index is 13.0. The third-order valence-corrected chi connectivity index (χ3v) is 6.37. The number of benzene rings is 3. The molecule has 1 aliphatic heterocycles. The van der Waals surface area contributed by atoms with Gasteiger partial charge in [-0.1, -0.05) is 42.5 Å². The first-order chi connectivity index (χ1) is 15.8. The first-order valence-corrected chi connectivity index (χ1v) is 11.7. The van der Waals surface area contributed by atoms with Gasteiger partial charge in [-0.05, 0) is 60.2 Å². The molecule has 2 heterocycles. The zero-order valence-corrected chi connectivity index (χ0v) is 18.4. The van der Waals surface area contributed by atoms with Gasteiger partial charge < -0.3 is 4.42 Å². The van der Waals surface area contributed by atoms with Crippen molar-refractivity contribution in [3.63, 3.8) is 0 Å². The second-order valence-corrected chi connectivity index (χ2v) is 9.19. The van der Waals surface area contributed by atoms with Crippen molar-refractivity contribution in [2.24, 2.45) is 10.2 Å². The summed E-state index contributed by atoms with van der Waals surface area (Å²) in [6.45, 7) is 1.73. The van der Waals surface area contributed by atoms with Crippen molar-refractivity contribution in [3.8, 4) is 11.3 Å². The number of primary sulfonamides is 1. The fraction of sp³-hybridized carbons (Fsp3) is 0.0400. The molecule has 0 fully saturated rings. The predicted molar refractivity (Wildman–Crippen MR) is 128 cm³/mol. The lowest BCUT2D eigenvalue weighted by Crippen LogP contribution is -2.21. The number of rotatable bonds is 4. The smallest absolute Gasteiger partial charge is 0.280 e. The predicted octanol–water partition coefficient (Wildman–Crippen LogP) is 4.55. The number of furan rings is 1. The van der Waals surface area contributed by atoms with Crippen molar-refractivity contribution >= 4 is 44.2 Å². The summed E-state index contributed by atoms with van der Waals surface area (Å²) in [4.78, 5) is 13.0. The Morgan fingerprint density at radius 1 is 0.939 bits per heavy atom. The van der Waals surface area contributed by atoms with Crippen molar-refractivity contribution in [1.82, 2.24) is 0 Å². The van der Waals surface area contributed by atoms with Crippen LogP contribution in [0.15, 0.2) is 98.8 Å². The molecule has 0 atom stereocenters. The minimum atomic E-state index is -3.82. The highest BCUT2D eigenvalue weighted by molar-refractivity contribution is 7.89. The number of fused-ring (bicyclic) bond motifs is 1. The lowest BCUT2D eigenvalue weighted by atomic mass is 10.0. The molecular weight excluding hydrogens is 438 g/mol. The maximum Gasteiger partial charge on any atom is 0.280 e. The van der Waals surface area contributed by atoms with Crippen LogP contribution in [0.3, 0.4) is 0 Å². The second kappa shape index (κ2) is 7.84. The fourth-order valence-corrected chi connectivity index (χ4v) is 4.31. The van der Waals surface area contributed by atoms with Gasteiger partial charge in [0.2, 0.25) is 10.0 Å². The summed E-state index contributed by atoms with van der Waals surface area (Å²) in [5.41, 5.74) is 2.33. The topological polar surface area (TPSA) is 106 Å². The summed E-state index contributed by atoms with van der Waals surface area (Å²) < 4.78 is 29.0. The van der Waals surface area contributed by atoms with Crippen molar-refractivity contribution in [3.05, 3.63) is 90.2 Å². The zero-order valence-electron chi connectivity index (χ0n) is 17.6. The summed E-state index contributed by atoms with van der Waals surface area (Å²) in [7, 11) is -3.82. The molecule has 5 rings (SSSR count). The Kier molecular flexibility index (Phi) is 4.96. The highest BCUT2D eigenvalue weighted by Gasteiger charge is 2.29. The lowest BCUT2D eigenvalue weighted by Gasteiger charge is -2.12. The van der Waals surface area contributed by atoms with Gasteiger partial charge in [-0.3, -0.25) is 4.79 Å². The Hall–Kier alpha value is -4.01. The van der Waals surface area contributed by atoms with Crippen molar-refractivity contribution in [2.45, 2.75) is 11.8 Å². The third-order valence-electron chi connectivity index (χ3n) is 5.44. The molecule has 1 aliphatic rings. The van der Waals surface area contributed by atoms with E-state index in [9.17, 15) is 13.2 Å². The van der Waals surface area contributed by atoms with Crippen LogP contribution in [0, 0.1) is 0 Å². The van der Waals surface area contributed by atoms with E-state index >= 15 is 0 Å². The number of hydrazone groups is 1. The first kappa shape index (κ1) is 20.9. The van der Waals surface area contributed by atoms with Crippen LogP contribution >= 0.6 is 0 Å². The first-order valence-electron chi connectivity index (χ1n) is 10.1. The second-order valence-electron chi connectivity index (χ2n) is 7.63. The molecule has 2 N–H and O–H groups in total. The van der Waals surface area contributed by atoms with Crippen LogP contribution < -0.4 is 10.1 Å². The average molecular weight is 458 g/mol. The Morgan fingerprint density at radius 3 is 2.42 bits per heavy atom. The minimum absolute atomic E-state index is 0.0362. The molecule has 0 bridgehead atoms. The van der Waals surface area contributed by atoms with E-state index in [4.69, 9.17) is 9.56 Å². The molecule has 164 valence electrons. The van der Waals surface area contributed by atoms with Gasteiger partial charge >= 0.3 is 0 Å². The monoisotopic (exact) mass is 457 g/mol. The van der Waals surface area contributed by atoms with Crippen LogP contribution in [0.25, 0.3) is 28.2 Å². The summed E-state index contributed by atoms with van der Waals surface area (Å²) in [5.74, 6) is 0.898. The van der Waals surface area contributed by atoms with Crippen molar-refractivity contribution in [2.75, 3.05) is 5.01 Å². The molecule has 3 aromatic carbocycles. The van der Waals surface area contributed by atoms with Crippen LogP contribution in [0.4, 0.5) is 5.69 Å². The summed E-state index contributed by atoms with van der Waals surface area (Å²) >= 11 is 0. The molecule has 1 aromatic heterocycles. The van der Waals surface area contributed by atoms with Gasteiger partial charge in [-0.15, -0.1) is 0 Å². The molecule has 0 unspecified atom stereocenters. The standard InChI is InChI=1S/C25H19N3O4S/c1-16-23(25(29)28(27-16)18-9-12-20(13-10-18)33(26,30)31)15-19-11-14-24(32-19)22-8-4-6-17-5-2-3-7-21(17)22/h2-15H,1H3,(H2,26,30,31)/b23-15-. The molecule has 0 aliphatic carbocycles. The molecular formula is C25H19N3O4S. The highest BCUT2D eigenvalue weighted by atomic mass is 32.2. The zero-order chi connectivity index (χ0) is 23.2. The Bertz CT molecular complexity index is 1560. The van der Waals surface area contributed by atoms with E-state index in [0.717, 1.165) is 16.3 Å². The molecule has 0 saturated carbocycles. The van der Waals surface area contributed by atoms with Gasteiger partial charge in [-0.2, -0.15) is 10.1 Å². The molecule has 33 heavy (non-hydrogen) atoms. The number of sulfonamides is 1. The van der Waals surface area contributed by atoms with Gasteiger partial charge in [0.1, 0.15) is 11.5 Å². The van der Waals surface area contributed by atoms with E-state index in [2.05, 4.69) is 5.10 Å². The SMILES string of the molecule is CC1=NN(c2ccc(S(N)(=O)=O)cc2)C(=O)/C1=C\c1ccc(-c2cccc3ccccc23)o1. The van der Waals surface area contributed by atoms with E-state index in [1.54, 1.807) is 13.0 Å². The lowest BCUT2D eigenvalue weighted by molar-refractivity contribution is -0.114. The summed E-state index contributed by atoms with van der Waals surface area (Å²) in [6.07, 6.45) is 1.66. The Balaban J connectivity index is 1.44. The van der Waals surface area contributed by atoms with Crippen molar-refractivity contribution in [1.29, 1.82) is 0 Å². The van der Waals surface area contributed by atoms with Gasteiger partial charge in [0.15, 0.2) is 0 Å². The van der Waals surface area contributed by atoms with Crippen LogP contribution in [-0.4, -0.2) is 20.0 Å². The maximum atomic E-state index is 13.0. The highest BCUT2D eigenvalue weighted by Crippen LogP contribution is 2.31. The number of nitrogens with two attached hydrogens (primary N) is 1.